The van der Waals surface area contributed by atoms with Crippen molar-refractivity contribution in [1.82, 2.24) is 15.0 Å². The smallest absolute Gasteiger partial charge is 0.260 e. The largest absolute Gasteiger partial charge is 0.460 e. The molecular weight excluding hydrogens is 280 g/mol. The first-order valence-electron chi connectivity index (χ1n) is 6.94. The van der Waals surface area contributed by atoms with Gasteiger partial charge in [0.15, 0.2) is 0 Å². The number of carbonyl (C=O) groups is 1. The third-order valence-electron chi connectivity index (χ3n) is 3.29. The molecule has 0 atom stereocenters. The molecule has 0 aliphatic carbocycles. The van der Waals surface area contributed by atoms with Gasteiger partial charge in [-0.3, -0.25) is 4.79 Å². The van der Waals surface area contributed by atoms with Crippen molar-refractivity contribution in [3.63, 3.8) is 0 Å². The maximum atomic E-state index is 12.0. The van der Waals surface area contributed by atoms with Gasteiger partial charge in [0.25, 0.3) is 5.91 Å². The molecule has 0 spiro atoms. The summed E-state index contributed by atoms with van der Waals surface area (Å²) in [5.41, 5.74) is 4.30. The Morgan fingerprint density at radius 3 is 2.91 bits per heavy atom. The Labute approximate surface area is 127 Å². The van der Waals surface area contributed by atoms with Crippen LogP contribution in [-0.4, -0.2) is 21.7 Å². The van der Waals surface area contributed by atoms with E-state index in [1.54, 1.807) is 6.07 Å². The van der Waals surface area contributed by atoms with E-state index in [0.717, 1.165) is 22.6 Å². The number of hydrogen-bond acceptors (Lipinski definition) is 4. The van der Waals surface area contributed by atoms with Crippen LogP contribution in [0.2, 0.25) is 0 Å². The summed E-state index contributed by atoms with van der Waals surface area (Å²) in [7, 11) is 0. The number of aryl methyl sites for hydroxylation is 2. The van der Waals surface area contributed by atoms with Crippen LogP contribution >= 0.6 is 0 Å². The maximum Gasteiger partial charge on any atom is 0.260 e. The topological polar surface area (TPSA) is 72.4 Å². The molecule has 6 heteroatoms. The molecule has 112 valence electrons. The summed E-state index contributed by atoms with van der Waals surface area (Å²) >= 11 is 0. The average molecular weight is 296 g/mol. The van der Waals surface area contributed by atoms with Crippen LogP contribution in [0.3, 0.4) is 0 Å². The predicted octanol–water partition coefficient (Wildman–Crippen LogP) is 2.40. The second kappa shape index (κ2) is 5.85. The number of nitrogens with one attached hydrogen (secondary N) is 1. The molecule has 1 N–H and O–H groups in total. The molecule has 3 aromatic rings. The number of hydrazone groups is 1. The van der Waals surface area contributed by atoms with Gasteiger partial charge in [0.2, 0.25) is 0 Å². The van der Waals surface area contributed by atoms with Gasteiger partial charge in [-0.05, 0) is 38.1 Å². The van der Waals surface area contributed by atoms with E-state index in [0.29, 0.717) is 5.76 Å². The van der Waals surface area contributed by atoms with Gasteiger partial charge in [-0.2, -0.15) is 5.10 Å². The SMILES string of the molecule is Cc1ccc(/C=N/NC(=O)Cn2c(C)nc3ccccc32)o1. The van der Waals surface area contributed by atoms with E-state index in [9.17, 15) is 4.79 Å². The number of nitrogens with zero attached hydrogens (tertiary/aromatic N) is 3. The molecule has 0 aliphatic heterocycles. The average Bonchev–Trinajstić information content (AvgIpc) is 3.03. The third-order valence-corrected chi connectivity index (χ3v) is 3.29. The van der Waals surface area contributed by atoms with Crippen molar-refractivity contribution in [3.8, 4) is 0 Å². The van der Waals surface area contributed by atoms with Crippen LogP contribution < -0.4 is 5.43 Å². The number of amides is 1. The van der Waals surface area contributed by atoms with E-state index < -0.39 is 0 Å². The molecule has 0 aliphatic rings. The lowest BCUT2D eigenvalue weighted by atomic mass is 10.3. The first-order valence-corrected chi connectivity index (χ1v) is 6.94. The first-order chi connectivity index (χ1) is 10.6. The summed E-state index contributed by atoms with van der Waals surface area (Å²) < 4.78 is 7.19. The Morgan fingerprint density at radius 1 is 1.32 bits per heavy atom. The van der Waals surface area contributed by atoms with Crippen molar-refractivity contribution in [2.75, 3.05) is 0 Å². The molecule has 6 nitrogen and oxygen atoms in total. The monoisotopic (exact) mass is 296 g/mol. The van der Waals surface area contributed by atoms with Crippen molar-refractivity contribution < 1.29 is 9.21 Å². The number of imidazole rings is 1. The van der Waals surface area contributed by atoms with Crippen molar-refractivity contribution in [2.24, 2.45) is 5.10 Å². The first kappa shape index (κ1) is 14.1. The lowest BCUT2D eigenvalue weighted by Crippen LogP contribution is -2.23. The Hall–Kier alpha value is -2.89. The zero-order valence-corrected chi connectivity index (χ0v) is 12.4. The number of hydrogen-bond donors (Lipinski definition) is 1. The molecule has 0 bridgehead atoms. The maximum absolute atomic E-state index is 12.0. The third kappa shape index (κ3) is 2.90. The second-order valence-electron chi connectivity index (χ2n) is 4.98. The summed E-state index contributed by atoms with van der Waals surface area (Å²) in [6, 6.07) is 11.3. The van der Waals surface area contributed by atoms with Crippen LogP contribution in [0.5, 0.6) is 0 Å². The fourth-order valence-corrected chi connectivity index (χ4v) is 2.27. The predicted molar refractivity (Wildman–Crippen MR) is 83.7 cm³/mol. The van der Waals surface area contributed by atoms with Gasteiger partial charge in [0.05, 0.1) is 17.2 Å². The molecule has 2 heterocycles. The minimum atomic E-state index is -0.217. The van der Waals surface area contributed by atoms with Crippen LogP contribution in [-0.2, 0) is 11.3 Å². The highest BCUT2D eigenvalue weighted by atomic mass is 16.3. The fourth-order valence-electron chi connectivity index (χ4n) is 2.27. The van der Waals surface area contributed by atoms with E-state index in [1.807, 2.05) is 48.7 Å². The number of carbonyl (C=O) groups excluding carboxylic acids is 1. The van der Waals surface area contributed by atoms with Crippen LogP contribution in [0.25, 0.3) is 11.0 Å². The van der Waals surface area contributed by atoms with Crippen molar-refractivity contribution in [1.29, 1.82) is 0 Å². The van der Waals surface area contributed by atoms with Gasteiger partial charge in [-0.15, -0.1) is 0 Å². The number of para-hydroxylation sites is 2. The van der Waals surface area contributed by atoms with E-state index in [-0.39, 0.29) is 12.5 Å². The quantitative estimate of drug-likeness (QED) is 0.593. The minimum absolute atomic E-state index is 0.168. The highest BCUT2D eigenvalue weighted by molar-refractivity contribution is 5.82. The summed E-state index contributed by atoms with van der Waals surface area (Å²) in [5.74, 6) is 1.98. The molecular formula is C16H16N4O2. The van der Waals surface area contributed by atoms with Gasteiger partial charge in [-0.1, -0.05) is 12.1 Å². The molecule has 0 saturated carbocycles. The van der Waals surface area contributed by atoms with E-state index in [4.69, 9.17) is 4.42 Å². The summed E-state index contributed by atoms with van der Waals surface area (Å²) in [5, 5.41) is 3.89. The zero-order chi connectivity index (χ0) is 15.5. The van der Waals surface area contributed by atoms with Gasteiger partial charge < -0.3 is 8.98 Å². The molecule has 3 rings (SSSR count). The molecule has 2 aromatic heterocycles. The van der Waals surface area contributed by atoms with Crippen LogP contribution in [0.15, 0.2) is 45.9 Å². The highest BCUT2D eigenvalue weighted by Crippen LogP contribution is 2.14. The van der Waals surface area contributed by atoms with Gasteiger partial charge in [0, 0.05) is 0 Å². The molecule has 0 radical (unpaired) electrons. The van der Waals surface area contributed by atoms with Crippen LogP contribution in [0.1, 0.15) is 17.3 Å². The van der Waals surface area contributed by atoms with Gasteiger partial charge in [-0.25, -0.2) is 10.4 Å². The number of aromatic nitrogens is 2. The van der Waals surface area contributed by atoms with Crippen molar-refractivity contribution in [2.45, 2.75) is 20.4 Å². The normalized spacial score (nSPS) is 11.4. The van der Waals surface area contributed by atoms with Crippen LogP contribution in [0.4, 0.5) is 0 Å². The standard InChI is InChI=1S/C16H16N4O2/c1-11-7-8-13(22-11)9-17-19-16(21)10-20-12(2)18-14-5-3-4-6-15(14)20/h3-9H,10H2,1-2H3,(H,19,21)/b17-9+. The minimum Gasteiger partial charge on any atom is -0.460 e. The highest BCUT2D eigenvalue weighted by Gasteiger charge is 2.09. The zero-order valence-electron chi connectivity index (χ0n) is 12.4. The lowest BCUT2D eigenvalue weighted by Gasteiger charge is -2.05. The number of rotatable bonds is 4. The summed E-state index contributed by atoms with van der Waals surface area (Å²) in [4.78, 5) is 16.4. The fraction of sp³-hybridized carbons (Fsp3) is 0.188. The summed E-state index contributed by atoms with van der Waals surface area (Å²) in [6.07, 6.45) is 1.48. The van der Waals surface area contributed by atoms with Crippen LogP contribution in [0, 0.1) is 13.8 Å². The molecule has 1 aromatic carbocycles. The number of benzene rings is 1. The Balaban J connectivity index is 1.68. The number of furan rings is 1. The molecule has 0 saturated heterocycles. The van der Waals surface area contributed by atoms with E-state index in [1.165, 1.54) is 6.21 Å². The molecule has 0 unspecified atom stereocenters. The van der Waals surface area contributed by atoms with Gasteiger partial charge >= 0.3 is 0 Å². The van der Waals surface area contributed by atoms with E-state index in [2.05, 4.69) is 15.5 Å². The Morgan fingerprint density at radius 2 is 2.14 bits per heavy atom. The lowest BCUT2D eigenvalue weighted by molar-refractivity contribution is -0.121. The molecule has 1 amide bonds. The molecule has 0 fully saturated rings. The van der Waals surface area contributed by atoms with Crippen molar-refractivity contribution >= 4 is 23.2 Å². The second-order valence-corrected chi connectivity index (χ2v) is 4.98. The Kier molecular flexibility index (Phi) is 3.74. The van der Waals surface area contributed by atoms with Crippen molar-refractivity contribution in [3.05, 3.63) is 53.7 Å². The number of fused-ring (bicyclic) bond motifs is 1. The Bertz CT molecular complexity index is 845. The molecule has 22 heavy (non-hydrogen) atoms. The van der Waals surface area contributed by atoms with E-state index >= 15 is 0 Å². The van der Waals surface area contributed by atoms with Gasteiger partial charge in [0.1, 0.15) is 23.9 Å². The summed E-state index contributed by atoms with van der Waals surface area (Å²) in [6.45, 7) is 3.89.